The Hall–Kier alpha value is -1.77. The van der Waals surface area contributed by atoms with Crippen molar-refractivity contribution in [3.8, 4) is 0 Å². The summed E-state index contributed by atoms with van der Waals surface area (Å²) in [5, 5.41) is 4.17. The summed E-state index contributed by atoms with van der Waals surface area (Å²) in [6.45, 7) is 7.22. The zero-order chi connectivity index (χ0) is 14.5. The average Bonchev–Trinajstić information content (AvgIpc) is 2.71. The van der Waals surface area contributed by atoms with Gasteiger partial charge in [-0.1, -0.05) is 32.0 Å². The molecule has 108 valence electrons. The van der Waals surface area contributed by atoms with Gasteiger partial charge in [0.15, 0.2) is 0 Å². The van der Waals surface area contributed by atoms with E-state index < -0.39 is 0 Å². The van der Waals surface area contributed by atoms with E-state index in [1.807, 2.05) is 25.1 Å². The number of aromatic amines is 1. The second-order valence-electron chi connectivity index (χ2n) is 5.84. The Morgan fingerprint density at radius 3 is 2.80 bits per heavy atom. The first-order valence-electron chi connectivity index (χ1n) is 7.41. The maximum atomic E-state index is 12.0. The summed E-state index contributed by atoms with van der Waals surface area (Å²) in [5.41, 5.74) is 3.30. The van der Waals surface area contributed by atoms with E-state index in [0.717, 1.165) is 41.5 Å². The molecule has 20 heavy (non-hydrogen) atoms. The number of hydrogen-bond acceptors (Lipinski definition) is 1. The number of carbonyl (C=O) groups excluding carboxylic acids is 1. The van der Waals surface area contributed by atoms with Crippen LogP contribution in [0.25, 0.3) is 10.9 Å². The third kappa shape index (κ3) is 3.62. The molecule has 3 heteroatoms. The smallest absolute Gasteiger partial charge is 0.224 e. The first-order chi connectivity index (χ1) is 9.58. The average molecular weight is 272 g/mol. The van der Waals surface area contributed by atoms with Crippen LogP contribution in [0.3, 0.4) is 0 Å². The van der Waals surface area contributed by atoms with Gasteiger partial charge in [0.1, 0.15) is 0 Å². The summed E-state index contributed by atoms with van der Waals surface area (Å²) >= 11 is 0. The highest BCUT2D eigenvalue weighted by atomic mass is 16.1. The van der Waals surface area contributed by atoms with Gasteiger partial charge in [-0.05, 0) is 37.3 Å². The highest BCUT2D eigenvalue weighted by Gasteiger charge is 2.11. The summed E-state index contributed by atoms with van der Waals surface area (Å²) in [7, 11) is 0. The van der Waals surface area contributed by atoms with Gasteiger partial charge in [0.05, 0.1) is 6.42 Å². The molecule has 0 spiro atoms. The monoisotopic (exact) mass is 272 g/mol. The number of hydrogen-bond donors (Lipinski definition) is 2. The molecule has 1 amide bonds. The van der Waals surface area contributed by atoms with E-state index in [0.29, 0.717) is 12.3 Å². The molecule has 0 saturated carbocycles. The quantitative estimate of drug-likeness (QED) is 0.776. The minimum absolute atomic E-state index is 0.113. The molecule has 2 rings (SSSR count). The molecule has 0 unspecified atom stereocenters. The van der Waals surface area contributed by atoms with Crippen LogP contribution in [0.15, 0.2) is 24.3 Å². The van der Waals surface area contributed by atoms with Gasteiger partial charge in [-0.2, -0.15) is 0 Å². The molecule has 0 radical (unpaired) electrons. The van der Waals surface area contributed by atoms with E-state index in [1.54, 1.807) is 0 Å². The highest BCUT2D eigenvalue weighted by molar-refractivity contribution is 5.90. The molecule has 0 aliphatic carbocycles. The number of nitrogens with one attached hydrogen (secondary N) is 2. The number of carbonyl (C=O) groups is 1. The minimum Gasteiger partial charge on any atom is -0.358 e. The van der Waals surface area contributed by atoms with Crippen LogP contribution < -0.4 is 5.32 Å². The van der Waals surface area contributed by atoms with Crippen molar-refractivity contribution in [2.24, 2.45) is 5.92 Å². The predicted octanol–water partition coefficient (Wildman–Crippen LogP) is 3.57. The lowest BCUT2D eigenvalue weighted by molar-refractivity contribution is -0.120. The molecule has 2 N–H and O–H groups in total. The molecule has 3 nitrogen and oxygen atoms in total. The summed E-state index contributed by atoms with van der Waals surface area (Å²) in [5.74, 6) is 0.810. The third-order valence-corrected chi connectivity index (χ3v) is 3.64. The second-order valence-corrected chi connectivity index (χ2v) is 5.84. The van der Waals surface area contributed by atoms with Gasteiger partial charge >= 0.3 is 0 Å². The molecular formula is C17H24N2O. The van der Waals surface area contributed by atoms with Crippen LogP contribution in [0.4, 0.5) is 0 Å². The Labute approximate surface area is 120 Å². The van der Waals surface area contributed by atoms with Crippen molar-refractivity contribution in [2.45, 2.75) is 40.0 Å². The van der Waals surface area contributed by atoms with Crippen LogP contribution in [0.5, 0.6) is 0 Å². The van der Waals surface area contributed by atoms with Crippen molar-refractivity contribution in [1.82, 2.24) is 10.3 Å². The van der Waals surface area contributed by atoms with Gasteiger partial charge in [-0.15, -0.1) is 0 Å². The van der Waals surface area contributed by atoms with Crippen LogP contribution in [0.2, 0.25) is 0 Å². The van der Waals surface area contributed by atoms with Crippen molar-refractivity contribution >= 4 is 16.8 Å². The summed E-state index contributed by atoms with van der Waals surface area (Å²) in [4.78, 5) is 15.4. The molecule has 1 aromatic carbocycles. The van der Waals surface area contributed by atoms with Crippen LogP contribution in [-0.4, -0.2) is 17.4 Å². The number of para-hydroxylation sites is 1. The maximum Gasteiger partial charge on any atom is 0.224 e. The standard InChI is InChI=1S/C17H24N2O/c1-12(2)7-6-10-18-17(20)11-15-13(3)19-16-9-5-4-8-14(15)16/h4-5,8-9,12,19H,6-7,10-11H2,1-3H3,(H,18,20). The van der Waals surface area contributed by atoms with E-state index in [4.69, 9.17) is 0 Å². The van der Waals surface area contributed by atoms with Crippen molar-refractivity contribution < 1.29 is 4.79 Å². The Morgan fingerprint density at radius 2 is 2.05 bits per heavy atom. The SMILES string of the molecule is Cc1[nH]c2ccccc2c1CC(=O)NCCCC(C)C. The predicted molar refractivity (Wildman–Crippen MR) is 83.8 cm³/mol. The highest BCUT2D eigenvalue weighted by Crippen LogP contribution is 2.22. The van der Waals surface area contributed by atoms with E-state index in [-0.39, 0.29) is 5.91 Å². The lowest BCUT2D eigenvalue weighted by Gasteiger charge is -2.07. The van der Waals surface area contributed by atoms with Gasteiger partial charge in [0.25, 0.3) is 0 Å². The topological polar surface area (TPSA) is 44.9 Å². The lowest BCUT2D eigenvalue weighted by atomic mass is 10.1. The molecule has 0 saturated heterocycles. The number of amides is 1. The first-order valence-corrected chi connectivity index (χ1v) is 7.41. The maximum absolute atomic E-state index is 12.0. The number of aryl methyl sites for hydroxylation is 1. The normalized spacial score (nSPS) is 11.2. The fourth-order valence-corrected chi connectivity index (χ4v) is 2.52. The number of fused-ring (bicyclic) bond motifs is 1. The molecule has 1 aromatic heterocycles. The largest absolute Gasteiger partial charge is 0.358 e. The van der Waals surface area contributed by atoms with Crippen molar-refractivity contribution in [2.75, 3.05) is 6.54 Å². The van der Waals surface area contributed by atoms with Gasteiger partial charge in [-0.25, -0.2) is 0 Å². The van der Waals surface area contributed by atoms with Crippen LogP contribution in [-0.2, 0) is 11.2 Å². The van der Waals surface area contributed by atoms with E-state index in [2.05, 4.69) is 30.2 Å². The molecule has 1 heterocycles. The van der Waals surface area contributed by atoms with Crippen molar-refractivity contribution in [3.05, 3.63) is 35.5 Å². The molecule has 0 aliphatic rings. The van der Waals surface area contributed by atoms with Crippen molar-refractivity contribution in [3.63, 3.8) is 0 Å². The Balaban J connectivity index is 1.94. The Kier molecular flexibility index (Phi) is 4.83. The molecule has 0 atom stereocenters. The summed E-state index contributed by atoms with van der Waals surface area (Å²) in [6.07, 6.45) is 2.67. The number of benzene rings is 1. The molecule has 2 aromatic rings. The molecular weight excluding hydrogens is 248 g/mol. The molecule has 0 bridgehead atoms. The number of aromatic nitrogens is 1. The fourth-order valence-electron chi connectivity index (χ4n) is 2.52. The zero-order valence-electron chi connectivity index (χ0n) is 12.6. The number of H-pyrrole nitrogens is 1. The fraction of sp³-hybridized carbons (Fsp3) is 0.471. The van der Waals surface area contributed by atoms with E-state index >= 15 is 0 Å². The van der Waals surface area contributed by atoms with E-state index in [1.165, 1.54) is 0 Å². The summed E-state index contributed by atoms with van der Waals surface area (Å²) < 4.78 is 0. The summed E-state index contributed by atoms with van der Waals surface area (Å²) in [6, 6.07) is 8.14. The van der Waals surface area contributed by atoms with E-state index in [9.17, 15) is 4.79 Å². The van der Waals surface area contributed by atoms with Gasteiger partial charge in [0.2, 0.25) is 5.91 Å². The van der Waals surface area contributed by atoms with Crippen LogP contribution >= 0.6 is 0 Å². The lowest BCUT2D eigenvalue weighted by Crippen LogP contribution is -2.26. The Bertz CT molecular complexity index is 584. The van der Waals surface area contributed by atoms with Gasteiger partial charge in [0, 0.05) is 23.1 Å². The minimum atomic E-state index is 0.113. The Morgan fingerprint density at radius 1 is 1.30 bits per heavy atom. The third-order valence-electron chi connectivity index (χ3n) is 3.64. The zero-order valence-corrected chi connectivity index (χ0v) is 12.6. The van der Waals surface area contributed by atoms with Crippen molar-refractivity contribution in [1.29, 1.82) is 0 Å². The second kappa shape index (κ2) is 6.60. The first kappa shape index (κ1) is 14.6. The number of rotatable bonds is 6. The van der Waals surface area contributed by atoms with Gasteiger partial charge < -0.3 is 10.3 Å². The van der Waals surface area contributed by atoms with Crippen LogP contribution in [0.1, 0.15) is 37.9 Å². The molecule has 0 aliphatic heterocycles. The molecule has 0 fully saturated rings. The van der Waals surface area contributed by atoms with Crippen LogP contribution in [0, 0.1) is 12.8 Å². The van der Waals surface area contributed by atoms with Gasteiger partial charge in [-0.3, -0.25) is 4.79 Å².